The van der Waals surface area contributed by atoms with Gasteiger partial charge in [-0.05, 0) is 13.1 Å². The summed E-state index contributed by atoms with van der Waals surface area (Å²) in [6, 6.07) is 2.83. The average Bonchev–Trinajstić information content (AvgIpc) is 2.50. The summed E-state index contributed by atoms with van der Waals surface area (Å²) in [5.74, 6) is 0.602. The summed E-state index contributed by atoms with van der Waals surface area (Å²) in [4.78, 5) is 24.6. The number of rotatable bonds is 4. The highest BCUT2D eigenvalue weighted by Gasteiger charge is 2.22. The average molecular weight is 306 g/mol. The van der Waals surface area contributed by atoms with E-state index < -0.39 is 4.92 Å². The smallest absolute Gasteiger partial charge is 0.311 e. The van der Waals surface area contributed by atoms with Crippen molar-refractivity contribution in [2.24, 2.45) is 0 Å². The summed E-state index contributed by atoms with van der Waals surface area (Å²) in [7, 11) is 4.75. The predicted octanol–water partition coefficient (Wildman–Crippen LogP) is 1.90. The first kappa shape index (κ1) is 16.0. The van der Waals surface area contributed by atoms with Gasteiger partial charge in [0.05, 0.1) is 19.1 Å². The van der Waals surface area contributed by atoms with E-state index in [-0.39, 0.29) is 17.2 Å². The standard InChI is InChI=1S/C15H18N2O5/c1-16-5-4-13(18)11(9-16)6-10-7-12(17(19)20)15(22-3)8-14(10)21-2/h6-8H,4-5,9H2,1-3H3/b11-6+. The highest BCUT2D eigenvalue weighted by Crippen LogP contribution is 2.35. The zero-order valence-electron chi connectivity index (χ0n) is 12.8. The van der Waals surface area contributed by atoms with E-state index >= 15 is 0 Å². The summed E-state index contributed by atoms with van der Waals surface area (Å²) >= 11 is 0. The minimum Gasteiger partial charge on any atom is -0.496 e. The molecule has 1 fully saturated rings. The largest absolute Gasteiger partial charge is 0.496 e. The molecule has 22 heavy (non-hydrogen) atoms. The molecular weight excluding hydrogens is 288 g/mol. The van der Waals surface area contributed by atoms with E-state index in [1.807, 2.05) is 11.9 Å². The van der Waals surface area contributed by atoms with E-state index in [0.29, 0.717) is 29.9 Å². The van der Waals surface area contributed by atoms with E-state index in [1.165, 1.54) is 26.4 Å². The number of ether oxygens (including phenoxy) is 2. The van der Waals surface area contributed by atoms with E-state index in [9.17, 15) is 14.9 Å². The third-order valence-electron chi connectivity index (χ3n) is 3.58. The zero-order chi connectivity index (χ0) is 16.3. The number of likely N-dealkylation sites (N-methyl/N-ethyl adjacent to an activating group) is 1. The lowest BCUT2D eigenvalue weighted by Gasteiger charge is -2.23. The van der Waals surface area contributed by atoms with Crippen LogP contribution >= 0.6 is 0 Å². The summed E-state index contributed by atoms with van der Waals surface area (Å²) in [6.45, 7) is 1.23. The first-order valence-corrected chi connectivity index (χ1v) is 6.79. The van der Waals surface area contributed by atoms with Crippen LogP contribution < -0.4 is 9.47 Å². The maximum absolute atomic E-state index is 12.0. The van der Waals surface area contributed by atoms with E-state index in [0.717, 1.165) is 6.54 Å². The van der Waals surface area contributed by atoms with Gasteiger partial charge in [0.25, 0.3) is 0 Å². The summed E-state index contributed by atoms with van der Waals surface area (Å²) in [5, 5.41) is 11.1. The fourth-order valence-electron chi connectivity index (χ4n) is 2.39. The number of ketones is 1. The summed E-state index contributed by atoms with van der Waals surface area (Å²) < 4.78 is 10.3. The molecule has 1 aromatic rings. The van der Waals surface area contributed by atoms with Crippen LogP contribution in [0, 0.1) is 10.1 Å². The molecule has 7 nitrogen and oxygen atoms in total. The zero-order valence-corrected chi connectivity index (χ0v) is 12.8. The molecule has 0 aliphatic carbocycles. The molecule has 1 aliphatic heterocycles. The molecule has 0 aromatic heterocycles. The molecule has 0 spiro atoms. The topological polar surface area (TPSA) is 81.9 Å². The molecule has 0 bridgehead atoms. The Bertz CT molecular complexity index is 639. The second-order valence-electron chi connectivity index (χ2n) is 5.10. The van der Waals surface area contributed by atoms with Crippen molar-refractivity contribution in [1.29, 1.82) is 0 Å². The number of carbonyl (C=O) groups is 1. The number of Topliss-reactive ketones (excluding diaryl/α,β-unsaturated/α-hetero) is 1. The van der Waals surface area contributed by atoms with Crippen molar-refractivity contribution < 1.29 is 19.2 Å². The Kier molecular flexibility index (Phi) is 4.77. The predicted molar refractivity (Wildman–Crippen MR) is 81.3 cm³/mol. The lowest BCUT2D eigenvalue weighted by molar-refractivity contribution is -0.385. The molecule has 1 saturated heterocycles. The number of piperidine rings is 1. The maximum atomic E-state index is 12.0. The van der Waals surface area contributed by atoms with Gasteiger partial charge in [0.1, 0.15) is 5.75 Å². The number of hydrogen-bond donors (Lipinski definition) is 0. The number of nitro groups is 1. The summed E-state index contributed by atoms with van der Waals surface area (Å²) in [5.41, 5.74) is 0.951. The Balaban J connectivity index is 2.51. The molecule has 1 heterocycles. The van der Waals surface area contributed by atoms with E-state index in [4.69, 9.17) is 9.47 Å². The molecule has 0 radical (unpaired) electrons. The molecule has 0 atom stereocenters. The molecule has 0 unspecified atom stereocenters. The fourth-order valence-corrected chi connectivity index (χ4v) is 2.39. The minimum atomic E-state index is -0.519. The molecule has 1 aromatic carbocycles. The summed E-state index contributed by atoms with van der Waals surface area (Å²) in [6.07, 6.45) is 2.10. The Morgan fingerprint density at radius 3 is 2.55 bits per heavy atom. The van der Waals surface area contributed by atoms with Crippen molar-refractivity contribution in [3.05, 3.63) is 33.4 Å². The number of benzene rings is 1. The van der Waals surface area contributed by atoms with Gasteiger partial charge in [0, 0.05) is 42.8 Å². The highest BCUT2D eigenvalue weighted by molar-refractivity contribution is 6.01. The van der Waals surface area contributed by atoms with Gasteiger partial charge >= 0.3 is 5.69 Å². The van der Waals surface area contributed by atoms with Gasteiger partial charge in [0.15, 0.2) is 5.78 Å². The Morgan fingerprint density at radius 2 is 1.95 bits per heavy atom. The molecule has 0 amide bonds. The molecular formula is C15H18N2O5. The molecule has 2 rings (SSSR count). The van der Waals surface area contributed by atoms with Gasteiger partial charge in [-0.2, -0.15) is 0 Å². The van der Waals surface area contributed by atoms with Crippen LogP contribution in [0.4, 0.5) is 5.69 Å². The molecule has 0 saturated carbocycles. The number of carbonyl (C=O) groups excluding carboxylic acids is 1. The fraction of sp³-hybridized carbons (Fsp3) is 0.400. The normalized spacial score (nSPS) is 17.6. The maximum Gasteiger partial charge on any atom is 0.311 e. The van der Waals surface area contributed by atoms with Crippen molar-refractivity contribution in [2.75, 3.05) is 34.4 Å². The Labute approximate surface area is 128 Å². The van der Waals surface area contributed by atoms with Crippen LogP contribution in [0.1, 0.15) is 12.0 Å². The highest BCUT2D eigenvalue weighted by atomic mass is 16.6. The number of methoxy groups -OCH3 is 2. The minimum absolute atomic E-state index is 0.0543. The van der Waals surface area contributed by atoms with Crippen LogP contribution in [0.2, 0.25) is 0 Å². The third kappa shape index (κ3) is 3.25. The molecule has 118 valence electrons. The van der Waals surface area contributed by atoms with Crippen LogP contribution in [0.15, 0.2) is 17.7 Å². The molecule has 0 N–H and O–H groups in total. The van der Waals surface area contributed by atoms with Gasteiger partial charge in [0.2, 0.25) is 5.75 Å². The lowest BCUT2D eigenvalue weighted by atomic mass is 10.00. The monoisotopic (exact) mass is 306 g/mol. The van der Waals surface area contributed by atoms with Crippen molar-refractivity contribution in [2.45, 2.75) is 6.42 Å². The number of nitrogens with zero attached hydrogens (tertiary/aromatic N) is 2. The first-order valence-electron chi connectivity index (χ1n) is 6.79. The van der Waals surface area contributed by atoms with Gasteiger partial charge < -0.3 is 14.4 Å². The van der Waals surface area contributed by atoms with Crippen LogP contribution in [0.3, 0.4) is 0 Å². The van der Waals surface area contributed by atoms with Gasteiger partial charge in [-0.15, -0.1) is 0 Å². The van der Waals surface area contributed by atoms with Crippen LogP contribution in [0.25, 0.3) is 6.08 Å². The molecule has 1 aliphatic rings. The third-order valence-corrected chi connectivity index (χ3v) is 3.58. The number of nitro benzene ring substituents is 1. The van der Waals surface area contributed by atoms with Crippen LogP contribution in [0.5, 0.6) is 11.5 Å². The van der Waals surface area contributed by atoms with Crippen molar-refractivity contribution in [1.82, 2.24) is 4.90 Å². The van der Waals surface area contributed by atoms with Gasteiger partial charge in [-0.25, -0.2) is 0 Å². The second kappa shape index (κ2) is 6.57. The van der Waals surface area contributed by atoms with Crippen LogP contribution in [-0.2, 0) is 4.79 Å². The lowest BCUT2D eigenvalue weighted by Crippen LogP contribution is -2.32. The van der Waals surface area contributed by atoms with Crippen molar-refractivity contribution in [3.8, 4) is 11.5 Å². The van der Waals surface area contributed by atoms with Crippen molar-refractivity contribution >= 4 is 17.5 Å². The molecule has 7 heteroatoms. The number of hydrogen-bond acceptors (Lipinski definition) is 6. The van der Waals surface area contributed by atoms with Gasteiger partial charge in [-0.3, -0.25) is 14.9 Å². The van der Waals surface area contributed by atoms with Gasteiger partial charge in [-0.1, -0.05) is 0 Å². The second-order valence-corrected chi connectivity index (χ2v) is 5.10. The Hall–Kier alpha value is -2.41. The first-order chi connectivity index (χ1) is 10.5. The SMILES string of the molecule is COc1cc(OC)c([N+](=O)[O-])cc1/C=C1\CN(C)CCC1=O. The van der Waals surface area contributed by atoms with Crippen LogP contribution in [-0.4, -0.2) is 50.0 Å². The van der Waals surface area contributed by atoms with E-state index in [1.54, 1.807) is 6.08 Å². The van der Waals surface area contributed by atoms with Crippen molar-refractivity contribution in [3.63, 3.8) is 0 Å². The Morgan fingerprint density at radius 1 is 1.27 bits per heavy atom. The number of likely N-dealkylation sites (tertiary alicyclic amines) is 1. The quantitative estimate of drug-likeness (QED) is 0.480. The van der Waals surface area contributed by atoms with E-state index in [2.05, 4.69) is 0 Å².